The van der Waals surface area contributed by atoms with Crippen LogP contribution in [0.15, 0.2) is 53.7 Å². The summed E-state index contributed by atoms with van der Waals surface area (Å²) >= 11 is 0. The third-order valence-corrected chi connectivity index (χ3v) is 7.40. The number of carbonyl (C=O) groups is 2. The predicted octanol–water partition coefficient (Wildman–Crippen LogP) is 2.78. The van der Waals surface area contributed by atoms with E-state index in [9.17, 15) is 19.7 Å². The van der Waals surface area contributed by atoms with Gasteiger partial charge in [0.1, 0.15) is 11.9 Å². The van der Waals surface area contributed by atoms with E-state index < -0.39 is 16.8 Å². The second kappa shape index (κ2) is 6.62. The molecule has 6 rings (SSSR count). The van der Waals surface area contributed by atoms with Crippen LogP contribution in [0.3, 0.4) is 0 Å². The molecule has 2 aromatic rings. The maximum absolute atomic E-state index is 13.4. The van der Waals surface area contributed by atoms with Gasteiger partial charge in [0.05, 0.1) is 35.3 Å². The molecule has 2 heterocycles. The van der Waals surface area contributed by atoms with Gasteiger partial charge in [-0.2, -0.15) is 0 Å². The molecule has 4 aliphatic rings. The molecule has 9 heteroatoms. The normalized spacial score (nSPS) is 31.9. The first-order chi connectivity index (χ1) is 15.5. The Labute approximate surface area is 182 Å². The lowest BCUT2D eigenvalue weighted by atomic mass is 9.71. The van der Waals surface area contributed by atoms with Crippen molar-refractivity contribution in [1.82, 2.24) is 0 Å². The van der Waals surface area contributed by atoms with Crippen molar-refractivity contribution in [3.63, 3.8) is 0 Å². The molecule has 6 atom stereocenters. The lowest BCUT2D eigenvalue weighted by molar-refractivity contribution is -0.384. The third-order valence-electron chi connectivity index (χ3n) is 7.40. The Morgan fingerprint density at radius 3 is 2.28 bits per heavy atom. The summed E-state index contributed by atoms with van der Waals surface area (Å²) in [6.07, 6.45) is 0.490. The van der Waals surface area contributed by atoms with E-state index in [4.69, 9.17) is 9.57 Å². The van der Waals surface area contributed by atoms with Gasteiger partial charge in [-0.25, -0.2) is 0 Å². The number of nitro groups is 1. The van der Waals surface area contributed by atoms with Gasteiger partial charge in [-0.05, 0) is 48.7 Å². The Balaban J connectivity index is 1.30. The maximum atomic E-state index is 13.4. The summed E-state index contributed by atoms with van der Waals surface area (Å²) in [4.78, 5) is 44.3. The fourth-order valence-corrected chi connectivity index (χ4v) is 6.10. The fourth-order valence-electron chi connectivity index (χ4n) is 6.10. The van der Waals surface area contributed by atoms with Crippen LogP contribution in [0, 0.1) is 39.7 Å². The van der Waals surface area contributed by atoms with Gasteiger partial charge in [0, 0.05) is 29.5 Å². The van der Waals surface area contributed by atoms with Gasteiger partial charge in [-0.3, -0.25) is 24.6 Å². The molecule has 0 N–H and O–H groups in total. The van der Waals surface area contributed by atoms with Gasteiger partial charge in [-0.1, -0.05) is 5.16 Å². The number of fused-ring (bicyclic) bond motifs is 8. The van der Waals surface area contributed by atoms with Crippen molar-refractivity contribution in [2.75, 3.05) is 12.0 Å². The number of ether oxygens (including phenoxy) is 1. The van der Waals surface area contributed by atoms with Crippen molar-refractivity contribution in [3.05, 3.63) is 64.2 Å². The van der Waals surface area contributed by atoms with Gasteiger partial charge in [0.2, 0.25) is 11.8 Å². The van der Waals surface area contributed by atoms with Crippen LogP contribution in [-0.2, 0) is 14.4 Å². The molecule has 2 aromatic carbocycles. The van der Waals surface area contributed by atoms with Crippen LogP contribution in [0.5, 0.6) is 5.75 Å². The number of nitro benzene ring substituents is 1. The van der Waals surface area contributed by atoms with E-state index in [0.29, 0.717) is 17.1 Å². The van der Waals surface area contributed by atoms with Crippen molar-refractivity contribution in [1.29, 1.82) is 0 Å². The van der Waals surface area contributed by atoms with E-state index in [2.05, 4.69) is 5.16 Å². The summed E-state index contributed by atoms with van der Waals surface area (Å²) in [5.41, 5.74) is 2.00. The molecular weight excluding hydrogens is 414 g/mol. The van der Waals surface area contributed by atoms with Crippen molar-refractivity contribution in [2.24, 2.45) is 34.7 Å². The number of non-ortho nitro benzene ring substituents is 1. The Morgan fingerprint density at radius 2 is 1.66 bits per heavy atom. The van der Waals surface area contributed by atoms with E-state index in [0.717, 1.165) is 12.0 Å². The van der Waals surface area contributed by atoms with Crippen LogP contribution < -0.4 is 9.64 Å². The van der Waals surface area contributed by atoms with Crippen LogP contribution in [0.4, 0.5) is 11.4 Å². The largest absolute Gasteiger partial charge is 0.497 e. The molecular formula is C23H19N3O6. The molecule has 2 aliphatic carbocycles. The number of amides is 2. The predicted molar refractivity (Wildman–Crippen MR) is 112 cm³/mol. The van der Waals surface area contributed by atoms with Gasteiger partial charge < -0.3 is 9.57 Å². The summed E-state index contributed by atoms with van der Waals surface area (Å²) in [7, 11) is 1.56. The lowest BCUT2D eigenvalue weighted by Gasteiger charge is -2.29. The molecule has 2 bridgehead atoms. The number of hydrogen-bond acceptors (Lipinski definition) is 7. The van der Waals surface area contributed by atoms with Crippen molar-refractivity contribution in [2.45, 2.75) is 12.5 Å². The lowest BCUT2D eigenvalue weighted by Crippen LogP contribution is -2.41. The summed E-state index contributed by atoms with van der Waals surface area (Å²) < 4.78 is 5.17. The molecule has 9 nitrogen and oxygen atoms in total. The molecule has 2 aliphatic heterocycles. The number of benzene rings is 2. The minimum Gasteiger partial charge on any atom is -0.497 e. The highest BCUT2D eigenvalue weighted by Crippen LogP contribution is 2.62. The summed E-state index contributed by atoms with van der Waals surface area (Å²) in [6, 6.07) is 13.1. The first-order valence-corrected chi connectivity index (χ1v) is 10.5. The van der Waals surface area contributed by atoms with Gasteiger partial charge in [0.15, 0.2) is 0 Å². The van der Waals surface area contributed by atoms with E-state index in [1.54, 1.807) is 43.5 Å². The average molecular weight is 433 g/mol. The number of carbonyl (C=O) groups excluding carboxylic acids is 2. The molecule has 2 amide bonds. The number of methoxy groups -OCH3 is 1. The summed E-state index contributed by atoms with van der Waals surface area (Å²) in [6.45, 7) is 0. The Morgan fingerprint density at radius 1 is 1.00 bits per heavy atom. The van der Waals surface area contributed by atoms with E-state index in [1.807, 2.05) is 0 Å². The van der Waals surface area contributed by atoms with Crippen LogP contribution in [0.25, 0.3) is 0 Å². The standard InChI is InChI=1S/C23H19N3O6/c1-31-14-8-6-12(7-9-14)25-22(27)17-15-10-16(18(17)23(25)28)21-19(15)20(24-32-21)11-2-4-13(5-3-11)26(29)30/h2-9,15-19,21H,10H2,1H3/t15-,16-,17+,18-,19-,21+/m1/s1. The van der Waals surface area contributed by atoms with Gasteiger partial charge in [-0.15, -0.1) is 0 Å². The topological polar surface area (TPSA) is 111 Å². The molecule has 32 heavy (non-hydrogen) atoms. The molecule has 0 aromatic heterocycles. The first-order valence-electron chi connectivity index (χ1n) is 10.5. The Kier molecular flexibility index (Phi) is 3.93. The number of nitrogens with zero attached hydrogens (tertiary/aromatic N) is 3. The highest BCUT2D eigenvalue weighted by molar-refractivity contribution is 6.23. The van der Waals surface area contributed by atoms with E-state index in [-0.39, 0.29) is 41.4 Å². The molecule has 0 radical (unpaired) electrons. The molecule has 2 saturated carbocycles. The molecule has 0 spiro atoms. The zero-order valence-electron chi connectivity index (χ0n) is 17.1. The number of imide groups is 1. The molecule has 162 valence electrons. The molecule has 3 fully saturated rings. The van der Waals surface area contributed by atoms with Crippen molar-refractivity contribution >= 4 is 28.9 Å². The van der Waals surface area contributed by atoms with E-state index in [1.165, 1.54) is 17.0 Å². The number of rotatable bonds is 4. The molecule has 1 saturated heterocycles. The van der Waals surface area contributed by atoms with Crippen molar-refractivity contribution < 1.29 is 24.1 Å². The number of oxime groups is 1. The highest BCUT2D eigenvalue weighted by atomic mass is 16.6. The highest BCUT2D eigenvalue weighted by Gasteiger charge is 2.70. The Hall–Kier alpha value is -3.75. The minimum atomic E-state index is -0.446. The van der Waals surface area contributed by atoms with Crippen molar-refractivity contribution in [3.8, 4) is 5.75 Å². The van der Waals surface area contributed by atoms with Crippen LogP contribution in [0.2, 0.25) is 0 Å². The maximum Gasteiger partial charge on any atom is 0.269 e. The summed E-state index contributed by atoms with van der Waals surface area (Å²) in [5, 5.41) is 15.2. The second-order valence-electron chi connectivity index (χ2n) is 8.70. The quantitative estimate of drug-likeness (QED) is 0.416. The minimum absolute atomic E-state index is 0.00419. The zero-order valence-corrected chi connectivity index (χ0v) is 17.1. The number of hydrogen-bond donors (Lipinski definition) is 0. The second-order valence-corrected chi connectivity index (χ2v) is 8.70. The summed E-state index contributed by atoms with van der Waals surface area (Å²) in [5.74, 6) is -0.729. The monoisotopic (exact) mass is 433 g/mol. The first kappa shape index (κ1) is 19.0. The van der Waals surface area contributed by atoms with Gasteiger partial charge >= 0.3 is 0 Å². The Bertz CT molecular complexity index is 1180. The average Bonchev–Trinajstić information content (AvgIpc) is 3.54. The van der Waals surface area contributed by atoms with Gasteiger partial charge in [0.25, 0.3) is 5.69 Å². The zero-order chi connectivity index (χ0) is 22.1. The number of anilines is 1. The van der Waals surface area contributed by atoms with E-state index >= 15 is 0 Å². The van der Waals surface area contributed by atoms with Crippen LogP contribution >= 0.6 is 0 Å². The third kappa shape index (κ3) is 2.41. The fraction of sp³-hybridized carbons (Fsp3) is 0.348. The van der Waals surface area contributed by atoms with Crippen LogP contribution in [0.1, 0.15) is 12.0 Å². The molecule has 0 unspecified atom stereocenters. The van der Waals surface area contributed by atoms with Crippen LogP contribution in [-0.4, -0.2) is 35.7 Å². The SMILES string of the molecule is COc1ccc(N2C(=O)[C@@H]3[C@H]4C[C@@H]([C@@H]5C(c6ccc([N+](=O)[O-])cc6)=NO[C@@H]45)[C@@H]3C2=O)cc1. The smallest absolute Gasteiger partial charge is 0.269 e.